The minimum atomic E-state index is 0.632. The smallest absolute Gasteiger partial charge is 0.0170 e. The van der Waals surface area contributed by atoms with Gasteiger partial charge in [0.05, 0.1) is 0 Å². The van der Waals surface area contributed by atoms with E-state index >= 15 is 0 Å². The summed E-state index contributed by atoms with van der Waals surface area (Å²) >= 11 is 0. The Morgan fingerprint density at radius 1 is 0.864 bits per heavy atom. The van der Waals surface area contributed by atoms with Crippen LogP contribution < -0.4 is 0 Å². The number of fused-ring (bicyclic) bond motifs is 2. The predicted octanol–water partition coefficient (Wildman–Crippen LogP) is 4.73. The number of nitrogens with zero attached hydrogens (tertiary/aromatic N) is 1. The predicted molar refractivity (Wildman–Crippen MR) is 92.3 cm³/mol. The highest BCUT2D eigenvalue weighted by atomic mass is 15.2. The molecule has 2 bridgehead atoms. The third-order valence-corrected chi connectivity index (χ3v) is 5.96. The summed E-state index contributed by atoms with van der Waals surface area (Å²) in [6, 6.07) is 21.9. The molecule has 2 aromatic rings. The van der Waals surface area contributed by atoms with Crippen LogP contribution in [0.5, 0.6) is 0 Å². The van der Waals surface area contributed by atoms with Gasteiger partial charge >= 0.3 is 0 Å². The number of likely N-dealkylation sites (N-methyl/N-ethyl adjacent to an activating group) is 1. The first-order chi connectivity index (χ1) is 10.7. The van der Waals surface area contributed by atoms with Gasteiger partial charge in [-0.15, -0.1) is 0 Å². The van der Waals surface area contributed by atoms with Crippen molar-refractivity contribution in [1.82, 2.24) is 4.90 Å². The highest BCUT2D eigenvalue weighted by Gasteiger charge is 2.46. The van der Waals surface area contributed by atoms with Gasteiger partial charge in [-0.2, -0.15) is 0 Å². The minimum Gasteiger partial charge on any atom is -0.300 e. The Bertz CT molecular complexity index is 631. The lowest BCUT2D eigenvalue weighted by Crippen LogP contribution is -2.44. The van der Waals surface area contributed by atoms with Crippen LogP contribution in [-0.2, 0) is 0 Å². The second-order valence-corrected chi connectivity index (χ2v) is 7.15. The van der Waals surface area contributed by atoms with Gasteiger partial charge in [0.25, 0.3) is 0 Å². The summed E-state index contributed by atoms with van der Waals surface area (Å²) < 4.78 is 0. The van der Waals surface area contributed by atoms with Gasteiger partial charge in [-0.1, -0.05) is 60.2 Å². The maximum absolute atomic E-state index is 2.66. The largest absolute Gasteiger partial charge is 0.300 e. The van der Waals surface area contributed by atoms with Gasteiger partial charge in [-0.25, -0.2) is 0 Å². The van der Waals surface area contributed by atoms with Crippen molar-refractivity contribution in [2.24, 2.45) is 0 Å². The summed E-state index contributed by atoms with van der Waals surface area (Å²) in [4.78, 5) is 2.66. The van der Waals surface area contributed by atoms with Gasteiger partial charge < -0.3 is 0 Å². The van der Waals surface area contributed by atoms with Crippen molar-refractivity contribution in [3.8, 4) is 0 Å². The molecule has 0 unspecified atom stereocenters. The molecule has 2 aliphatic heterocycles. The fraction of sp³-hybridized carbons (Fsp3) is 0.429. The first-order valence-corrected chi connectivity index (χ1v) is 8.57. The van der Waals surface area contributed by atoms with Crippen LogP contribution in [-0.4, -0.2) is 24.0 Å². The van der Waals surface area contributed by atoms with Crippen molar-refractivity contribution in [2.45, 2.75) is 50.1 Å². The molecule has 0 aliphatic carbocycles. The van der Waals surface area contributed by atoms with Crippen molar-refractivity contribution in [3.63, 3.8) is 0 Å². The van der Waals surface area contributed by atoms with E-state index in [1.165, 1.54) is 36.0 Å². The average molecular weight is 291 g/mol. The fourth-order valence-electron chi connectivity index (χ4n) is 4.75. The zero-order chi connectivity index (χ0) is 15.1. The normalized spacial score (nSPS) is 31.4. The lowest BCUT2D eigenvalue weighted by Gasteiger charge is -2.43. The Morgan fingerprint density at radius 3 is 2.32 bits per heavy atom. The first-order valence-electron chi connectivity index (χ1n) is 8.57. The molecule has 2 heterocycles. The molecule has 0 radical (unpaired) electrons. The van der Waals surface area contributed by atoms with Crippen LogP contribution in [0.2, 0.25) is 0 Å². The molecule has 4 rings (SSSR count). The summed E-state index contributed by atoms with van der Waals surface area (Å²) in [5.74, 6) is 1.30. The molecule has 2 saturated heterocycles. The molecule has 2 aliphatic rings. The third kappa shape index (κ3) is 2.28. The molecular weight excluding hydrogens is 266 g/mol. The molecule has 0 spiro atoms. The number of aryl methyl sites for hydroxylation is 1. The monoisotopic (exact) mass is 291 g/mol. The van der Waals surface area contributed by atoms with E-state index < -0.39 is 0 Å². The van der Waals surface area contributed by atoms with Crippen molar-refractivity contribution < 1.29 is 0 Å². The van der Waals surface area contributed by atoms with E-state index in [9.17, 15) is 0 Å². The third-order valence-electron chi connectivity index (χ3n) is 5.96. The number of benzene rings is 2. The molecular formula is C21H25N. The Hall–Kier alpha value is -1.60. The molecule has 0 N–H and O–H groups in total. The molecule has 4 atom stereocenters. The van der Waals surface area contributed by atoms with E-state index in [4.69, 9.17) is 0 Å². The Morgan fingerprint density at radius 2 is 1.59 bits per heavy atom. The molecule has 2 aromatic carbocycles. The zero-order valence-electron chi connectivity index (χ0n) is 13.6. The second kappa shape index (κ2) is 5.55. The van der Waals surface area contributed by atoms with Crippen molar-refractivity contribution in [2.75, 3.05) is 7.05 Å². The van der Waals surface area contributed by atoms with Crippen molar-refractivity contribution in [3.05, 3.63) is 71.3 Å². The van der Waals surface area contributed by atoms with E-state index in [-0.39, 0.29) is 0 Å². The Labute approximate surface area is 134 Å². The van der Waals surface area contributed by atoms with E-state index in [1.54, 1.807) is 0 Å². The van der Waals surface area contributed by atoms with Crippen LogP contribution in [0.1, 0.15) is 47.8 Å². The van der Waals surface area contributed by atoms with Crippen molar-refractivity contribution >= 4 is 0 Å². The topological polar surface area (TPSA) is 3.24 Å². The maximum atomic E-state index is 2.66. The van der Waals surface area contributed by atoms with Crippen LogP contribution in [0.25, 0.3) is 0 Å². The fourth-order valence-corrected chi connectivity index (χ4v) is 4.75. The summed E-state index contributed by atoms with van der Waals surface area (Å²) in [6.07, 6.45) is 4.02. The van der Waals surface area contributed by atoms with Crippen LogP contribution in [0, 0.1) is 6.92 Å². The molecule has 2 fully saturated rings. The molecule has 114 valence electrons. The van der Waals surface area contributed by atoms with E-state index in [0.717, 1.165) is 6.04 Å². The van der Waals surface area contributed by atoms with Crippen LogP contribution >= 0.6 is 0 Å². The van der Waals surface area contributed by atoms with E-state index in [2.05, 4.69) is 73.5 Å². The van der Waals surface area contributed by atoms with Crippen LogP contribution in [0.3, 0.4) is 0 Å². The van der Waals surface area contributed by atoms with Gasteiger partial charge in [0.15, 0.2) is 0 Å². The lowest BCUT2D eigenvalue weighted by atomic mass is 9.73. The second-order valence-electron chi connectivity index (χ2n) is 7.15. The highest BCUT2D eigenvalue weighted by molar-refractivity contribution is 5.34. The lowest BCUT2D eigenvalue weighted by molar-refractivity contribution is 0.137. The highest BCUT2D eigenvalue weighted by Crippen LogP contribution is 2.50. The number of piperidine rings is 1. The molecule has 0 aromatic heterocycles. The maximum Gasteiger partial charge on any atom is 0.0170 e. The quantitative estimate of drug-likeness (QED) is 0.773. The van der Waals surface area contributed by atoms with Gasteiger partial charge in [-0.05, 0) is 50.3 Å². The molecule has 22 heavy (non-hydrogen) atoms. The summed E-state index contributed by atoms with van der Waals surface area (Å²) in [5, 5.41) is 0. The molecule has 0 saturated carbocycles. The summed E-state index contributed by atoms with van der Waals surface area (Å²) in [5.41, 5.74) is 4.41. The van der Waals surface area contributed by atoms with Gasteiger partial charge in [0.2, 0.25) is 0 Å². The first kappa shape index (κ1) is 14.0. The SMILES string of the molecule is Cc1ccc([C@H]2C[C@H]3CC[C@@H]([C@H]2c2ccccc2)N3C)cc1. The van der Waals surface area contributed by atoms with Gasteiger partial charge in [0, 0.05) is 18.0 Å². The number of hydrogen-bond donors (Lipinski definition) is 0. The Kier molecular flexibility index (Phi) is 3.54. The van der Waals surface area contributed by atoms with Crippen molar-refractivity contribution in [1.29, 1.82) is 0 Å². The van der Waals surface area contributed by atoms with E-state index in [0.29, 0.717) is 17.9 Å². The zero-order valence-corrected chi connectivity index (χ0v) is 13.6. The van der Waals surface area contributed by atoms with Gasteiger partial charge in [0.1, 0.15) is 0 Å². The summed E-state index contributed by atoms with van der Waals surface area (Å²) in [6.45, 7) is 2.18. The number of hydrogen-bond acceptors (Lipinski definition) is 1. The standard InChI is InChI=1S/C21H25N/c1-15-8-10-16(11-9-15)19-14-18-12-13-20(22(18)2)21(19)17-6-4-3-5-7-17/h3-11,18-21H,12-14H2,1-2H3/t18-,19-,20+,21+/m1/s1. The van der Waals surface area contributed by atoms with Crippen LogP contribution in [0.15, 0.2) is 54.6 Å². The summed E-state index contributed by atoms with van der Waals surface area (Å²) in [7, 11) is 2.34. The number of rotatable bonds is 2. The Balaban J connectivity index is 1.76. The molecule has 0 amide bonds. The average Bonchev–Trinajstić information content (AvgIpc) is 2.79. The molecule has 1 nitrogen and oxygen atoms in total. The van der Waals surface area contributed by atoms with Crippen LogP contribution in [0.4, 0.5) is 0 Å². The minimum absolute atomic E-state index is 0.632. The van der Waals surface area contributed by atoms with Gasteiger partial charge in [-0.3, -0.25) is 4.90 Å². The molecule has 1 heteroatoms. The van der Waals surface area contributed by atoms with E-state index in [1.807, 2.05) is 0 Å².